The standard InChI is InChI=1S/C15H21NO/c1-6-9-16(15(3,4)5)14-8-7-12(2)10-13(14)11-17/h6-8,10-11H,1,9H2,2-5H3. The van der Waals surface area contributed by atoms with Gasteiger partial charge in [0.15, 0.2) is 6.29 Å². The number of rotatable bonds is 4. The predicted octanol–water partition coefficient (Wildman–Crippen LogP) is 3.60. The molecule has 0 aliphatic carbocycles. The summed E-state index contributed by atoms with van der Waals surface area (Å²) in [5.41, 5.74) is 2.77. The van der Waals surface area contributed by atoms with Crippen molar-refractivity contribution >= 4 is 12.0 Å². The minimum Gasteiger partial charge on any atom is -0.362 e. The average Bonchev–Trinajstić information content (AvgIpc) is 2.25. The first-order valence-corrected chi connectivity index (χ1v) is 5.84. The van der Waals surface area contributed by atoms with Crippen LogP contribution >= 0.6 is 0 Å². The third kappa shape index (κ3) is 3.19. The molecule has 0 amide bonds. The molecule has 0 saturated carbocycles. The van der Waals surface area contributed by atoms with Crippen molar-refractivity contribution in [2.45, 2.75) is 33.2 Å². The highest BCUT2D eigenvalue weighted by Crippen LogP contribution is 2.27. The van der Waals surface area contributed by atoms with Crippen molar-refractivity contribution in [3.05, 3.63) is 42.0 Å². The molecule has 0 unspecified atom stereocenters. The van der Waals surface area contributed by atoms with Gasteiger partial charge >= 0.3 is 0 Å². The summed E-state index contributed by atoms with van der Waals surface area (Å²) in [4.78, 5) is 13.3. The van der Waals surface area contributed by atoms with Crippen LogP contribution in [0.2, 0.25) is 0 Å². The lowest BCUT2D eigenvalue weighted by atomic mass is 10.0. The molecule has 2 heteroatoms. The second-order valence-corrected chi connectivity index (χ2v) is 5.25. The molecule has 0 fully saturated rings. The summed E-state index contributed by atoms with van der Waals surface area (Å²) in [6.45, 7) is 12.9. The van der Waals surface area contributed by atoms with Gasteiger partial charge in [-0.1, -0.05) is 17.7 Å². The fraction of sp³-hybridized carbons (Fsp3) is 0.400. The molecule has 0 bridgehead atoms. The van der Waals surface area contributed by atoms with Gasteiger partial charge in [0.05, 0.1) is 0 Å². The Morgan fingerprint density at radius 2 is 2.00 bits per heavy atom. The number of anilines is 1. The molecule has 0 aliphatic rings. The summed E-state index contributed by atoms with van der Waals surface area (Å²) in [6.07, 6.45) is 2.78. The van der Waals surface area contributed by atoms with E-state index >= 15 is 0 Å². The van der Waals surface area contributed by atoms with Crippen LogP contribution in [0, 0.1) is 6.92 Å². The number of aldehydes is 1. The normalized spacial score (nSPS) is 11.1. The Kier molecular flexibility index (Phi) is 4.11. The van der Waals surface area contributed by atoms with E-state index in [9.17, 15) is 4.79 Å². The number of benzene rings is 1. The van der Waals surface area contributed by atoms with E-state index < -0.39 is 0 Å². The van der Waals surface area contributed by atoms with Gasteiger partial charge in [-0.25, -0.2) is 0 Å². The molecule has 0 radical (unpaired) electrons. The molecule has 1 aromatic rings. The van der Waals surface area contributed by atoms with Crippen molar-refractivity contribution in [2.75, 3.05) is 11.4 Å². The van der Waals surface area contributed by atoms with E-state index in [0.29, 0.717) is 0 Å². The van der Waals surface area contributed by atoms with E-state index in [4.69, 9.17) is 0 Å². The Hall–Kier alpha value is -1.57. The Morgan fingerprint density at radius 3 is 2.47 bits per heavy atom. The van der Waals surface area contributed by atoms with Crippen molar-refractivity contribution < 1.29 is 4.79 Å². The van der Waals surface area contributed by atoms with Crippen molar-refractivity contribution in [1.29, 1.82) is 0 Å². The molecule has 92 valence electrons. The summed E-state index contributed by atoms with van der Waals surface area (Å²) in [6, 6.07) is 5.96. The molecule has 0 heterocycles. The van der Waals surface area contributed by atoms with Gasteiger partial charge in [-0.2, -0.15) is 0 Å². The fourth-order valence-corrected chi connectivity index (χ4v) is 1.88. The zero-order valence-corrected chi connectivity index (χ0v) is 11.2. The number of nitrogens with zero attached hydrogens (tertiary/aromatic N) is 1. The van der Waals surface area contributed by atoms with Crippen LogP contribution in [0.25, 0.3) is 0 Å². The highest BCUT2D eigenvalue weighted by Gasteiger charge is 2.22. The second kappa shape index (κ2) is 5.17. The number of hydrogen-bond acceptors (Lipinski definition) is 2. The minimum absolute atomic E-state index is 0.0405. The maximum absolute atomic E-state index is 11.2. The van der Waals surface area contributed by atoms with E-state index in [1.807, 2.05) is 31.2 Å². The number of carbonyl (C=O) groups is 1. The molecular formula is C15H21NO. The molecule has 0 N–H and O–H groups in total. The molecule has 1 rings (SSSR count). The molecule has 0 aliphatic heterocycles. The summed E-state index contributed by atoms with van der Waals surface area (Å²) >= 11 is 0. The van der Waals surface area contributed by atoms with Crippen molar-refractivity contribution in [2.24, 2.45) is 0 Å². The topological polar surface area (TPSA) is 20.3 Å². The molecular weight excluding hydrogens is 210 g/mol. The first-order chi connectivity index (χ1) is 7.90. The Morgan fingerprint density at radius 1 is 1.35 bits per heavy atom. The van der Waals surface area contributed by atoms with Crippen LogP contribution in [0.4, 0.5) is 5.69 Å². The SMILES string of the molecule is C=CCN(c1ccc(C)cc1C=O)C(C)(C)C. The van der Waals surface area contributed by atoms with Crippen LogP contribution in [0.3, 0.4) is 0 Å². The van der Waals surface area contributed by atoms with E-state index in [2.05, 4.69) is 32.3 Å². The van der Waals surface area contributed by atoms with Gasteiger partial charge in [-0.15, -0.1) is 6.58 Å². The van der Waals surface area contributed by atoms with Gasteiger partial charge in [0, 0.05) is 23.3 Å². The number of aryl methyl sites for hydroxylation is 1. The zero-order valence-electron chi connectivity index (χ0n) is 11.2. The maximum Gasteiger partial charge on any atom is 0.152 e. The van der Waals surface area contributed by atoms with Gasteiger partial charge in [0.2, 0.25) is 0 Å². The van der Waals surface area contributed by atoms with E-state index in [0.717, 1.165) is 29.6 Å². The van der Waals surface area contributed by atoms with E-state index in [-0.39, 0.29) is 5.54 Å². The first kappa shape index (κ1) is 13.5. The summed E-state index contributed by atoms with van der Waals surface area (Å²) < 4.78 is 0. The monoisotopic (exact) mass is 231 g/mol. The van der Waals surface area contributed by atoms with Crippen molar-refractivity contribution in [1.82, 2.24) is 0 Å². The van der Waals surface area contributed by atoms with Gasteiger partial charge in [-0.3, -0.25) is 4.79 Å². The Bertz CT molecular complexity index is 415. The molecule has 17 heavy (non-hydrogen) atoms. The largest absolute Gasteiger partial charge is 0.362 e. The van der Waals surface area contributed by atoms with Gasteiger partial charge in [0.1, 0.15) is 0 Å². The second-order valence-electron chi connectivity index (χ2n) is 5.25. The molecule has 1 aromatic carbocycles. The lowest BCUT2D eigenvalue weighted by molar-refractivity contribution is 0.112. The van der Waals surface area contributed by atoms with Gasteiger partial charge in [0.25, 0.3) is 0 Å². The lowest BCUT2D eigenvalue weighted by Crippen LogP contribution is -2.42. The minimum atomic E-state index is -0.0405. The molecule has 2 nitrogen and oxygen atoms in total. The van der Waals surface area contributed by atoms with Crippen LogP contribution in [-0.2, 0) is 0 Å². The Balaban J connectivity index is 3.27. The maximum atomic E-state index is 11.2. The van der Waals surface area contributed by atoms with Crippen LogP contribution in [0.1, 0.15) is 36.7 Å². The highest BCUT2D eigenvalue weighted by molar-refractivity contribution is 5.85. The van der Waals surface area contributed by atoms with E-state index in [1.54, 1.807) is 0 Å². The average molecular weight is 231 g/mol. The van der Waals surface area contributed by atoms with Crippen LogP contribution in [0.5, 0.6) is 0 Å². The third-order valence-electron chi connectivity index (χ3n) is 2.72. The van der Waals surface area contributed by atoms with Crippen LogP contribution < -0.4 is 4.90 Å². The molecule has 0 spiro atoms. The van der Waals surface area contributed by atoms with Crippen LogP contribution in [0.15, 0.2) is 30.9 Å². The zero-order chi connectivity index (χ0) is 13.1. The summed E-state index contributed by atoms with van der Waals surface area (Å²) in [5, 5.41) is 0. The van der Waals surface area contributed by atoms with Crippen molar-refractivity contribution in [3.63, 3.8) is 0 Å². The molecule has 0 atom stereocenters. The first-order valence-electron chi connectivity index (χ1n) is 5.84. The molecule has 0 saturated heterocycles. The van der Waals surface area contributed by atoms with Crippen molar-refractivity contribution in [3.8, 4) is 0 Å². The smallest absolute Gasteiger partial charge is 0.152 e. The van der Waals surface area contributed by atoms with Gasteiger partial charge in [-0.05, 0) is 39.8 Å². The quantitative estimate of drug-likeness (QED) is 0.583. The predicted molar refractivity (Wildman–Crippen MR) is 73.9 cm³/mol. The lowest BCUT2D eigenvalue weighted by Gasteiger charge is -2.37. The van der Waals surface area contributed by atoms with Crippen LogP contribution in [-0.4, -0.2) is 18.4 Å². The van der Waals surface area contributed by atoms with Gasteiger partial charge < -0.3 is 4.90 Å². The van der Waals surface area contributed by atoms with E-state index in [1.165, 1.54) is 0 Å². The third-order valence-corrected chi connectivity index (χ3v) is 2.72. The fourth-order valence-electron chi connectivity index (χ4n) is 1.88. The number of hydrogen-bond donors (Lipinski definition) is 0. The summed E-state index contributed by atoms with van der Waals surface area (Å²) in [5.74, 6) is 0. The Labute approximate surface area is 104 Å². The molecule has 0 aromatic heterocycles. The summed E-state index contributed by atoms with van der Waals surface area (Å²) in [7, 11) is 0. The highest BCUT2D eigenvalue weighted by atomic mass is 16.1. The number of carbonyl (C=O) groups excluding carboxylic acids is 1.